The lowest BCUT2D eigenvalue weighted by Crippen LogP contribution is -2.48. The van der Waals surface area contributed by atoms with Crippen LogP contribution in [0.2, 0.25) is 0 Å². The molecule has 0 radical (unpaired) electrons. The summed E-state index contributed by atoms with van der Waals surface area (Å²) >= 11 is 3.19. The molecule has 3 aromatic rings. The smallest absolute Gasteiger partial charge is 0.273 e. The quantitative estimate of drug-likeness (QED) is 0.596. The molecule has 1 fully saturated rings. The molecular formula is C21H23N3O3S2. The Morgan fingerprint density at radius 1 is 1.07 bits per heavy atom. The van der Waals surface area contributed by atoms with E-state index in [1.165, 1.54) is 16.9 Å². The Morgan fingerprint density at radius 3 is 2.55 bits per heavy atom. The fraction of sp³-hybridized carbons (Fsp3) is 0.333. The van der Waals surface area contributed by atoms with Gasteiger partial charge in [-0.25, -0.2) is 4.98 Å². The van der Waals surface area contributed by atoms with Crippen molar-refractivity contribution in [2.24, 2.45) is 0 Å². The fourth-order valence-corrected chi connectivity index (χ4v) is 4.84. The standard InChI is InChI=1S/C21H23N3O3S2/c1-26-18-4-3-16(11-19(18)27-2)20-22-17(14-29-20)21(25)24-8-6-23(7-9-24)12-15-5-10-28-13-15/h3-5,10-11,13-14H,6-9,12H2,1-2H3. The highest BCUT2D eigenvalue weighted by atomic mass is 32.1. The van der Waals surface area contributed by atoms with Crippen molar-refractivity contribution in [2.75, 3.05) is 40.4 Å². The highest BCUT2D eigenvalue weighted by Gasteiger charge is 2.24. The Morgan fingerprint density at radius 2 is 1.86 bits per heavy atom. The van der Waals surface area contributed by atoms with Gasteiger partial charge in [0.1, 0.15) is 10.7 Å². The van der Waals surface area contributed by atoms with E-state index in [1.807, 2.05) is 28.5 Å². The molecule has 0 spiro atoms. The number of benzene rings is 1. The minimum atomic E-state index is 0.00293. The molecule has 29 heavy (non-hydrogen) atoms. The molecule has 4 rings (SSSR count). The van der Waals surface area contributed by atoms with Crippen LogP contribution >= 0.6 is 22.7 Å². The Labute approximate surface area is 178 Å². The number of carbonyl (C=O) groups is 1. The number of amides is 1. The van der Waals surface area contributed by atoms with Crippen molar-refractivity contribution in [3.63, 3.8) is 0 Å². The molecule has 0 aliphatic carbocycles. The number of hydrogen-bond acceptors (Lipinski definition) is 7. The Bertz CT molecular complexity index is 963. The summed E-state index contributed by atoms with van der Waals surface area (Å²) in [5.74, 6) is 1.32. The molecule has 0 bridgehead atoms. The molecule has 3 heterocycles. The first-order chi connectivity index (χ1) is 14.2. The summed E-state index contributed by atoms with van der Waals surface area (Å²) in [6.45, 7) is 4.17. The van der Waals surface area contributed by atoms with Crippen molar-refractivity contribution in [3.05, 3.63) is 51.7 Å². The molecule has 0 unspecified atom stereocenters. The van der Waals surface area contributed by atoms with Crippen LogP contribution in [-0.4, -0.2) is 61.1 Å². The van der Waals surface area contributed by atoms with Crippen LogP contribution in [0.25, 0.3) is 10.6 Å². The lowest BCUT2D eigenvalue weighted by atomic mass is 10.2. The number of ether oxygens (including phenoxy) is 2. The van der Waals surface area contributed by atoms with Crippen molar-refractivity contribution >= 4 is 28.6 Å². The number of carbonyl (C=O) groups excluding carboxylic acids is 1. The maximum atomic E-state index is 12.9. The number of hydrogen-bond donors (Lipinski definition) is 0. The third-order valence-corrected chi connectivity index (χ3v) is 6.62. The average Bonchev–Trinajstić information content (AvgIpc) is 3.45. The van der Waals surface area contributed by atoms with Crippen LogP contribution in [0.5, 0.6) is 11.5 Å². The predicted molar refractivity (Wildman–Crippen MR) is 116 cm³/mol. The van der Waals surface area contributed by atoms with E-state index in [0.717, 1.165) is 43.3 Å². The molecule has 6 nitrogen and oxygen atoms in total. The van der Waals surface area contributed by atoms with E-state index in [1.54, 1.807) is 25.6 Å². The number of rotatable bonds is 6. The van der Waals surface area contributed by atoms with Crippen LogP contribution in [-0.2, 0) is 6.54 Å². The first kappa shape index (κ1) is 19.9. The number of thiophene rings is 1. The van der Waals surface area contributed by atoms with Crippen molar-refractivity contribution in [1.82, 2.24) is 14.8 Å². The minimum Gasteiger partial charge on any atom is -0.493 e. The van der Waals surface area contributed by atoms with Crippen LogP contribution in [0.3, 0.4) is 0 Å². The minimum absolute atomic E-state index is 0.00293. The van der Waals surface area contributed by atoms with Gasteiger partial charge in [-0.15, -0.1) is 11.3 Å². The number of piperazine rings is 1. The molecule has 1 saturated heterocycles. The Kier molecular flexibility index (Phi) is 6.13. The van der Waals surface area contributed by atoms with Gasteiger partial charge in [0.25, 0.3) is 5.91 Å². The molecule has 0 N–H and O–H groups in total. The zero-order chi connectivity index (χ0) is 20.2. The zero-order valence-corrected chi connectivity index (χ0v) is 18.1. The summed E-state index contributed by atoms with van der Waals surface area (Å²) in [5.41, 5.74) is 2.76. The van der Waals surface area contributed by atoms with Crippen LogP contribution in [0, 0.1) is 0 Å². The molecule has 0 atom stereocenters. The second kappa shape index (κ2) is 8.94. The second-order valence-electron chi connectivity index (χ2n) is 6.81. The molecule has 1 aromatic carbocycles. The monoisotopic (exact) mass is 429 g/mol. The van der Waals surface area contributed by atoms with Crippen molar-refractivity contribution < 1.29 is 14.3 Å². The van der Waals surface area contributed by atoms with Gasteiger partial charge in [0.05, 0.1) is 14.2 Å². The van der Waals surface area contributed by atoms with Crippen LogP contribution < -0.4 is 9.47 Å². The maximum absolute atomic E-state index is 12.9. The van der Waals surface area contributed by atoms with Gasteiger partial charge in [0, 0.05) is 43.7 Å². The number of aromatic nitrogens is 1. The van der Waals surface area contributed by atoms with Crippen LogP contribution in [0.1, 0.15) is 16.1 Å². The summed E-state index contributed by atoms with van der Waals surface area (Å²) < 4.78 is 10.7. The molecule has 1 amide bonds. The summed E-state index contributed by atoms with van der Waals surface area (Å²) in [6.07, 6.45) is 0. The summed E-state index contributed by atoms with van der Waals surface area (Å²) in [5, 5.41) is 6.92. The largest absolute Gasteiger partial charge is 0.493 e. The van der Waals surface area contributed by atoms with E-state index in [4.69, 9.17) is 9.47 Å². The van der Waals surface area contributed by atoms with Gasteiger partial charge in [-0.2, -0.15) is 11.3 Å². The lowest BCUT2D eigenvalue weighted by Gasteiger charge is -2.34. The van der Waals surface area contributed by atoms with E-state index in [-0.39, 0.29) is 5.91 Å². The zero-order valence-electron chi connectivity index (χ0n) is 16.5. The summed E-state index contributed by atoms with van der Waals surface area (Å²) in [4.78, 5) is 21.8. The van der Waals surface area contributed by atoms with Crippen molar-refractivity contribution in [3.8, 4) is 22.1 Å². The molecule has 8 heteroatoms. The van der Waals surface area contributed by atoms with E-state index in [0.29, 0.717) is 17.2 Å². The first-order valence-electron chi connectivity index (χ1n) is 9.38. The van der Waals surface area contributed by atoms with Gasteiger partial charge in [0.15, 0.2) is 11.5 Å². The lowest BCUT2D eigenvalue weighted by molar-refractivity contribution is 0.0624. The third-order valence-electron chi connectivity index (χ3n) is 5.00. The van der Waals surface area contributed by atoms with Gasteiger partial charge in [0.2, 0.25) is 0 Å². The average molecular weight is 430 g/mol. The molecule has 1 aliphatic heterocycles. The van der Waals surface area contributed by atoms with Gasteiger partial charge < -0.3 is 14.4 Å². The van der Waals surface area contributed by atoms with E-state index < -0.39 is 0 Å². The number of thiazole rings is 1. The first-order valence-corrected chi connectivity index (χ1v) is 11.2. The fourth-order valence-electron chi connectivity index (χ4n) is 3.39. The third kappa shape index (κ3) is 4.44. The maximum Gasteiger partial charge on any atom is 0.273 e. The molecule has 2 aromatic heterocycles. The van der Waals surface area contributed by atoms with Crippen LogP contribution in [0.4, 0.5) is 0 Å². The SMILES string of the molecule is COc1ccc(-c2nc(C(=O)N3CCN(Cc4ccsc4)CC3)cs2)cc1OC. The molecule has 152 valence electrons. The van der Waals surface area contributed by atoms with E-state index in [2.05, 4.69) is 26.7 Å². The topological polar surface area (TPSA) is 54.9 Å². The van der Waals surface area contributed by atoms with Crippen molar-refractivity contribution in [2.45, 2.75) is 6.54 Å². The van der Waals surface area contributed by atoms with Gasteiger partial charge >= 0.3 is 0 Å². The normalized spacial score (nSPS) is 14.8. The number of nitrogens with zero attached hydrogens (tertiary/aromatic N) is 3. The molecule has 1 aliphatic rings. The van der Waals surface area contributed by atoms with Gasteiger partial charge in [-0.1, -0.05) is 0 Å². The molecule has 0 saturated carbocycles. The van der Waals surface area contributed by atoms with E-state index in [9.17, 15) is 4.79 Å². The van der Waals surface area contributed by atoms with Gasteiger partial charge in [-0.05, 0) is 40.6 Å². The summed E-state index contributed by atoms with van der Waals surface area (Å²) in [6, 6.07) is 7.82. The van der Waals surface area contributed by atoms with E-state index >= 15 is 0 Å². The van der Waals surface area contributed by atoms with Crippen molar-refractivity contribution in [1.29, 1.82) is 0 Å². The number of methoxy groups -OCH3 is 2. The highest BCUT2D eigenvalue weighted by molar-refractivity contribution is 7.13. The van der Waals surface area contributed by atoms with Gasteiger partial charge in [-0.3, -0.25) is 9.69 Å². The van der Waals surface area contributed by atoms with Crippen LogP contribution in [0.15, 0.2) is 40.4 Å². The Balaban J connectivity index is 1.40. The summed E-state index contributed by atoms with van der Waals surface area (Å²) in [7, 11) is 3.22. The Hall–Kier alpha value is -2.42. The predicted octanol–water partition coefficient (Wildman–Crippen LogP) is 3.85. The highest BCUT2D eigenvalue weighted by Crippen LogP contribution is 2.33. The molecular weight excluding hydrogens is 406 g/mol. The second-order valence-corrected chi connectivity index (χ2v) is 8.45.